The monoisotopic (exact) mass is 296 g/mol. The second kappa shape index (κ2) is 6.72. The van der Waals surface area contributed by atoms with Gasteiger partial charge in [0, 0.05) is 13.0 Å². The van der Waals surface area contributed by atoms with E-state index in [9.17, 15) is 9.59 Å². The van der Waals surface area contributed by atoms with Gasteiger partial charge in [-0.25, -0.2) is 0 Å². The van der Waals surface area contributed by atoms with E-state index in [-0.39, 0.29) is 22.6 Å². The average molecular weight is 297 g/mol. The molecule has 0 saturated carbocycles. The van der Waals surface area contributed by atoms with Crippen molar-refractivity contribution in [3.8, 4) is 0 Å². The normalized spacial score (nSPS) is 17.9. The third kappa shape index (κ3) is 3.71. The lowest BCUT2D eigenvalue weighted by Crippen LogP contribution is -2.19. The van der Waals surface area contributed by atoms with Gasteiger partial charge >= 0.3 is 0 Å². The fourth-order valence-electron chi connectivity index (χ4n) is 2.26. The fraction of sp³-hybridized carbons (Fsp3) is 0.429. The molecule has 108 valence electrons. The molecule has 1 aliphatic heterocycles. The third-order valence-electron chi connectivity index (χ3n) is 3.25. The molecule has 5 nitrogen and oxygen atoms in total. The van der Waals surface area contributed by atoms with Crippen molar-refractivity contribution in [3.05, 3.63) is 28.8 Å². The largest absolute Gasteiger partial charge is 0.378 e. The Morgan fingerprint density at radius 3 is 2.90 bits per heavy atom. The van der Waals surface area contributed by atoms with Crippen LogP contribution in [0.3, 0.4) is 0 Å². The molecule has 0 unspecified atom stereocenters. The number of hydrogen-bond acceptors (Lipinski definition) is 3. The maximum Gasteiger partial charge on any atom is 0.252 e. The molecule has 1 heterocycles. The van der Waals surface area contributed by atoms with Gasteiger partial charge in [-0.1, -0.05) is 17.7 Å². The summed E-state index contributed by atoms with van der Waals surface area (Å²) < 4.78 is 5.46. The maximum atomic E-state index is 11.9. The Morgan fingerprint density at radius 1 is 1.45 bits per heavy atom. The molecule has 0 aromatic heterocycles. The molecular formula is C14H17ClN2O3. The third-order valence-corrected chi connectivity index (χ3v) is 3.57. The van der Waals surface area contributed by atoms with Crippen LogP contribution in [0.2, 0.25) is 5.02 Å². The van der Waals surface area contributed by atoms with Crippen LogP contribution in [0.25, 0.3) is 0 Å². The first-order chi connectivity index (χ1) is 9.58. The van der Waals surface area contributed by atoms with E-state index in [1.165, 1.54) is 0 Å². The van der Waals surface area contributed by atoms with Gasteiger partial charge in [0.15, 0.2) is 0 Å². The number of anilines is 1. The number of rotatable bonds is 5. The SMILES string of the molecule is NC(=O)c1c(Cl)cccc1NC(=O)CC[C@H]1CCCO1. The molecule has 0 spiro atoms. The number of hydrogen-bond donors (Lipinski definition) is 2. The van der Waals surface area contributed by atoms with Crippen molar-refractivity contribution in [1.82, 2.24) is 0 Å². The van der Waals surface area contributed by atoms with Crippen LogP contribution in [0.1, 0.15) is 36.0 Å². The topological polar surface area (TPSA) is 81.4 Å². The highest BCUT2D eigenvalue weighted by Crippen LogP contribution is 2.24. The van der Waals surface area contributed by atoms with Crippen molar-refractivity contribution in [2.75, 3.05) is 11.9 Å². The minimum Gasteiger partial charge on any atom is -0.378 e. The molecule has 0 bridgehead atoms. The van der Waals surface area contributed by atoms with E-state index < -0.39 is 5.91 Å². The summed E-state index contributed by atoms with van der Waals surface area (Å²) in [6.07, 6.45) is 3.23. The zero-order chi connectivity index (χ0) is 14.5. The number of nitrogens with two attached hydrogens (primary N) is 1. The van der Waals surface area contributed by atoms with Gasteiger partial charge in [-0.05, 0) is 31.4 Å². The van der Waals surface area contributed by atoms with Crippen LogP contribution in [-0.4, -0.2) is 24.5 Å². The molecule has 2 amide bonds. The maximum absolute atomic E-state index is 11.9. The number of carbonyl (C=O) groups is 2. The van der Waals surface area contributed by atoms with Crippen LogP contribution in [0, 0.1) is 0 Å². The summed E-state index contributed by atoms with van der Waals surface area (Å²) in [6, 6.07) is 4.82. The summed E-state index contributed by atoms with van der Waals surface area (Å²) in [5.74, 6) is -0.838. The molecular weight excluding hydrogens is 280 g/mol. The Balaban J connectivity index is 1.96. The zero-order valence-corrected chi connectivity index (χ0v) is 11.8. The summed E-state index contributed by atoms with van der Waals surface area (Å²) >= 11 is 5.92. The highest BCUT2D eigenvalue weighted by molar-refractivity contribution is 6.34. The number of amides is 2. The molecule has 1 fully saturated rings. The molecule has 1 aromatic rings. The van der Waals surface area contributed by atoms with E-state index in [0.29, 0.717) is 18.5 Å². The van der Waals surface area contributed by atoms with E-state index >= 15 is 0 Å². The van der Waals surface area contributed by atoms with Gasteiger partial charge in [-0.3, -0.25) is 9.59 Å². The predicted octanol–water partition coefficient (Wildman–Crippen LogP) is 2.34. The zero-order valence-electron chi connectivity index (χ0n) is 11.0. The Labute approximate surface area is 122 Å². The highest BCUT2D eigenvalue weighted by atomic mass is 35.5. The molecule has 6 heteroatoms. The highest BCUT2D eigenvalue weighted by Gasteiger charge is 2.18. The summed E-state index contributed by atoms with van der Waals surface area (Å²) in [7, 11) is 0. The van der Waals surface area contributed by atoms with Gasteiger partial charge in [0.05, 0.1) is 22.4 Å². The van der Waals surface area contributed by atoms with E-state index in [1.54, 1.807) is 18.2 Å². The van der Waals surface area contributed by atoms with Crippen LogP contribution in [0.4, 0.5) is 5.69 Å². The van der Waals surface area contributed by atoms with E-state index in [1.807, 2.05) is 0 Å². The summed E-state index contributed by atoms with van der Waals surface area (Å²) in [4.78, 5) is 23.3. The van der Waals surface area contributed by atoms with Gasteiger partial charge in [0.25, 0.3) is 5.91 Å². The van der Waals surface area contributed by atoms with E-state index in [4.69, 9.17) is 22.1 Å². The number of carbonyl (C=O) groups excluding carboxylic acids is 2. The van der Waals surface area contributed by atoms with Crippen molar-refractivity contribution in [2.24, 2.45) is 5.73 Å². The second-order valence-electron chi connectivity index (χ2n) is 4.75. The molecule has 20 heavy (non-hydrogen) atoms. The molecule has 1 aliphatic rings. The fourth-order valence-corrected chi connectivity index (χ4v) is 2.52. The molecule has 2 rings (SSSR count). The summed E-state index contributed by atoms with van der Waals surface area (Å²) in [5.41, 5.74) is 5.76. The van der Waals surface area contributed by atoms with Gasteiger partial charge < -0.3 is 15.8 Å². The molecule has 1 saturated heterocycles. The quantitative estimate of drug-likeness (QED) is 0.875. The minimum atomic E-state index is -0.662. The van der Waals surface area contributed by atoms with Crippen LogP contribution in [-0.2, 0) is 9.53 Å². The Morgan fingerprint density at radius 2 is 2.25 bits per heavy atom. The van der Waals surface area contributed by atoms with Gasteiger partial charge in [-0.2, -0.15) is 0 Å². The number of halogens is 1. The second-order valence-corrected chi connectivity index (χ2v) is 5.16. The van der Waals surface area contributed by atoms with Crippen molar-refractivity contribution in [1.29, 1.82) is 0 Å². The van der Waals surface area contributed by atoms with Crippen molar-refractivity contribution >= 4 is 29.1 Å². The first kappa shape index (κ1) is 14.8. The van der Waals surface area contributed by atoms with Gasteiger partial charge in [0.1, 0.15) is 0 Å². The van der Waals surface area contributed by atoms with Crippen molar-refractivity contribution < 1.29 is 14.3 Å². The Hall–Kier alpha value is -1.59. The van der Waals surface area contributed by atoms with E-state index in [2.05, 4.69) is 5.32 Å². The van der Waals surface area contributed by atoms with Crippen molar-refractivity contribution in [2.45, 2.75) is 31.8 Å². The smallest absolute Gasteiger partial charge is 0.252 e. The molecule has 3 N–H and O–H groups in total. The Kier molecular flexibility index (Phi) is 4.98. The lowest BCUT2D eigenvalue weighted by molar-refractivity contribution is -0.116. The van der Waals surface area contributed by atoms with Gasteiger partial charge in [-0.15, -0.1) is 0 Å². The lowest BCUT2D eigenvalue weighted by atomic mass is 10.1. The van der Waals surface area contributed by atoms with Gasteiger partial charge in [0.2, 0.25) is 5.91 Å². The Bertz CT molecular complexity index is 513. The molecule has 0 radical (unpaired) electrons. The first-order valence-electron chi connectivity index (χ1n) is 6.57. The first-order valence-corrected chi connectivity index (χ1v) is 6.95. The summed E-state index contributed by atoms with van der Waals surface area (Å²) in [5, 5.41) is 2.91. The van der Waals surface area contributed by atoms with Crippen molar-refractivity contribution in [3.63, 3.8) is 0 Å². The number of primary amides is 1. The predicted molar refractivity (Wildman–Crippen MR) is 76.8 cm³/mol. The van der Waals surface area contributed by atoms with Crippen LogP contribution in [0.15, 0.2) is 18.2 Å². The number of nitrogens with one attached hydrogen (secondary N) is 1. The minimum absolute atomic E-state index is 0.139. The molecule has 1 aromatic carbocycles. The van der Waals surface area contributed by atoms with Crippen LogP contribution in [0.5, 0.6) is 0 Å². The molecule has 1 atom stereocenters. The van der Waals surface area contributed by atoms with Crippen LogP contribution >= 0.6 is 11.6 Å². The van der Waals surface area contributed by atoms with E-state index in [0.717, 1.165) is 19.4 Å². The standard InChI is InChI=1S/C14H17ClN2O3/c15-10-4-1-5-11(13(10)14(16)19)17-12(18)7-6-9-3-2-8-20-9/h1,4-5,9H,2-3,6-8H2,(H2,16,19)(H,17,18)/t9-/m1/s1. The molecule has 0 aliphatic carbocycles. The van der Waals surface area contributed by atoms with Crippen LogP contribution < -0.4 is 11.1 Å². The number of ether oxygens (including phenoxy) is 1. The number of benzene rings is 1. The summed E-state index contributed by atoms with van der Waals surface area (Å²) in [6.45, 7) is 0.770. The lowest BCUT2D eigenvalue weighted by Gasteiger charge is -2.12. The average Bonchev–Trinajstić information content (AvgIpc) is 2.89.